The molecule has 0 atom stereocenters. The van der Waals surface area contributed by atoms with Gasteiger partial charge in [0.05, 0.1) is 12.8 Å². The van der Waals surface area contributed by atoms with Crippen LogP contribution in [0, 0.1) is 13.8 Å². The van der Waals surface area contributed by atoms with Gasteiger partial charge in [-0.25, -0.2) is 4.79 Å². The highest BCUT2D eigenvalue weighted by atomic mass is 16.3. The molecular weight excluding hydrogens is 290 g/mol. The van der Waals surface area contributed by atoms with Crippen LogP contribution in [0.5, 0.6) is 0 Å². The van der Waals surface area contributed by atoms with Crippen molar-refractivity contribution in [2.75, 3.05) is 31.1 Å². The normalized spacial score (nSPS) is 14.9. The van der Waals surface area contributed by atoms with Crippen molar-refractivity contribution in [2.24, 2.45) is 0 Å². The van der Waals surface area contributed by atoms with Crippen LogP contribution in [0.25, 0.3) is 0 Å². The van der Waals surface area contributed by atoms with Gasteiger partial charge < -0.3 is 19.5 Å². The number of aryl methyl sites for hydroxylation is 2. The minimum Gasteiger partial charge on any atom is -0.467 e. The lowest BCUT2D eigenvalue weighted by Crippen LogP contribution is -2.51. The van der Waals surface area contributed by atoms with Gasteiger partial charge in [0.25, 0.3) is 0 Å². The van der Waals surface area contributed by atoms with Crippen molar-refractivity contribution in [3.63, 3.8) is 0 Å². The summed E-state index contributed by atoms with van der Waals surface area (Å²) in [5.74, 6) is 0.770. The summed E-state index contributed by atoms with van der Waals surface area (Å²) < 4.78 is 5.23. The maximum Gasteiger partial charge on any atom is 0.317 e. The van der Waals surface area contributed by atoms with E-state index >= 15 is 0 Å². The first-order chi connectivity index (χ1) is 11.1. The minimum absolute atomic E-state index is 0.0267. The van der Waals surface area contributed by atoms with E-state index < -0.39 is 0 Å². The standard InChI is InChI=1S/C18H23N3O2/c1-14-5-6-16(12-15(14)2)20-7-9-21(10-8-20)18(22)19-13-17-4-3-11-23-17/h3-6,11-12H,7-10,13H2,1-2H3,(H,19,22). The van der Waals surface area contributed by atoms with Gasteiger partial charge >= 0.3 is 6.03 Å². The molecule has 1 aromatic heterocycles. The Bertz CT molecular complexity index is 659. The Labute approximate surface area is 136 Å². The average molecular weight is 313 g/mol. The van der Waals surface area contributed by atoms with Crippen LogP contribution in [0.15, 0.2) is 41.0 Å². The van der Waals surface area contributed by atoms with Crippen molar-refractivity contribution in [1.82, 2.24) is 10.2 Å². The summed E-state index contributed by atoms with van der Waals surface area (Å²) in [6.07, 6.45) is 1.61. The van der Waals surface area contributed by atoms with E-state index in [1.165, 1.54) is 16.8 Å². The number of urea groups is 1. The Morgan fingerprint density at radius 1 is 1.13 bits per heavy atom. The molecule has 1 fully saturated rings. The summed E-state index contributed by atoms with van der Waals surface area (Å²) in [7, 11) is 0. The van der Waals surface area contributed by atoms with E-state index in [4.69, 9.17) is 4.42 Å². The number of piperazine rings is 1. The van der Waals surface area contributed by atoms with E-state index in [1.54, 1.807) is 6.26 Å². The van der Waals surface area contributed by atoms with Crippen molar-refractivity contribution in [3.8, 4) is 0 Å². The van der Waals surface area contributed by atoms with E-state index in [-0.39, 0.29) is 6.03 Å². The highest BCUT2D eigenvalue weighted by Crippen LogP contribution is 2.20. The Hall–Kier alpha value is -2.43. The van der Waals surface area contributed by atoms with Crippen molar-refractivity contribution in [2.45, 2.75) is 20.4 Å². The second kappa shape index (κ2) is 6.77. The summed E-state index contributed by atoms with van der Waals surface area (Å²) in [5, 5.41) is 2.90. The Morgan fingerprint density at radius 2 is 1.91 bits per heavy atom. The number of furan rings is 1. The molecule has 1 aromatic carbocycles. The van der Waals surface area contributed by atoms with E-state index in [1.807, 2.05) is 17.0 Å². The number of hydrogen-bond acceptors (Lipinski definition) is 3. The number of carbonyl (C=O) groups is 1. The molecule has 1 saturated heterocycles. The zero-order valence-electron chi connectivity index (χ0n) is 13.7. The van der Waals surface area contributed by atoms with Crippen LogP contribution in [-0.4, -0.2) is 37.1 Å². The maximum absolute atomic E-state index is 12.2. The second-order valence-electron chi connectivity index (χ2n) is 5.98. The van der Waals surface area contributed by atoms with Gasteiger partial charge in [-0.05, 0) is 49.2 Å². The molecule has 0 bridgehead atoms. The lowest BCUT2D eigenvalue weighted by atomic mass is 10.1. The van der Waals surface area contributed by atoms with Crippen LogP contribution < -0.4 is 10.2 Å². The second-order valence-corrected chi connectivity index (χ2v) is 5.98. The first-order valence-electron chi connectivity index (χ1n) is 8.01. The number of anilines is 1. The first-order valence-corrected chi connectivity index (χ1v) is 8.01. The number of amides is 2. The average Bonchev–Trinajstić information content (AvgIpc) is 3.09. The zero-order valence-corrected chi connectivity index (χ0v) is 13.7. The van der Waals surface area contributed by atoms with Crippen molar-refractivity contribution >= 4 is 11.7 Å². The van der Waals surface area contributed by atoms with Crippen LogP contribution in [0.1, 0.15) is 16.9 Å². The number of hydrogen-bond donors (Lipinski definition) is 1. The molecule has 122 valence electrons. The molecule has 2 heterocycles. The molecule has 5 nitrogen and oxygen atoms in total. The molecule has 0 unspecified atom stereocenters. The lowest BCUT2D eigenvalue weighted by Gasteiger charge is -2.36. The largest absolute Gasteiger partial charge is 0.467 e. The Morgan fingerprint density at radius 3 is 2.57 bits per heavy atom. The summed E-state index contributed by atoms with van der Waals surface area (Å²) in [5.41, 5.74) is 3.86. The Kier molecular flexibility index (Phi) is 4.55. The molecule has 23 heavy (non-hydrogen) atoms. The van der Waals surface area contributed by atoms with E-state index in [2.05, 4.69) is 42.3 Å². The van der Waals surface area contributed by atoms with Crippen molar-refractivity contribution in [1.29, 1.82) is 0 Å². The van der Waals surface area contributed by atoms with Crippen LogP contribution in [0.4, 0.5) is 10.5 Å². The van der Waals surface area contributed by atoms with Gasteiger partial charge in [-0.15, -0.1) is 0 Å². The monoisotopic (exact) mass is 313 g/mol. The predicted molar refractivity (Wildman–Crippen MR) is 90.6 cm³/mol. The smallest absolute Gasteiger partial charge is 0.317 e. The molecule has 3 rings (SSSR count). The molecule has 2 amide bonds. The van der Waals surface area contributed by atoms with Gasteiger partial charge in [-0.3, -0.25) is 0 Å². The fraction of sp³-hybridized carbons (Fsp3) is 0.389. The highest BCUT2D eigenvalue weighted by Gasteiger charge is 2.21. The summed E-state index contributed by atoms with van der Waals surface area (Å²) >= 11 is 0. The topological polar surface area (TPSA) is 48.7 Å². The highest BCUT2D eigenvalue weighted by molar-refractivity contribution is 5.74. The van der Waals surface area contributed by atoms with Crippen molar-refractivity contribution < 1.29 is 9.21 Å². The fourth-order valence-corrected chi connectivity index (χ4v) is 2.78. The molecule has 1 N–H and O–H groups in total. The number of nitrogens with one attached hydrogen (secondary N) is 1. The lowest BCUT2D eigenvalue weighted by molar-refractivity contribution is 0.193. The van der Waals surface area contributed by atoms with Crippen LogP contribution in [0.2, 0.25) is 0 Å². The van der Waals surface area contributed by atoms with Gasteiger partial charge in [0.15, 0.2) is 0 Å². The molecule has 0 saturated carbocycles. The van der Waals surface area contributed by atoms with E-state index in [9.17, 15) is 4.79 Å². The Balaban J connectivity index is 1.51. The van der Waals surface area contributed by atoms with Crippen LogP contribution >= 0.6 is 0 Å². The van der Waals surface area contributed by atoms with E-state index in [0.717, 1.165) is 31.9 Å². The maximum atomic E-state index is 12.2. The fourth-order valence-electron chi connectivity index (χ4n) is 2.78. The number of carbonyl (C=O) groups excluding carboxylic acids is 1. The molecule has 0 spiro atoms. The van der Waals surface area contributed by atoms with E-state index in [0.29, 0.717) is 6.54 Å². The molecule has 1 aliphatic rings. The molecule has 0 aliphatic carbocycles. The number of rotatable bonds is 3. The predicted octanol–water partition coefficient (Wildman–Crippen LogP) is 2.93. The van der Waals surface area contributed by atoms with Crippen molar-refractivity contribution in [3.05, 3.63) is 53.5 Å². The summed E-state index contributed by atoms with van der Waals surface area (Å²) in [6, 6.07) is 10.2. The summed E-state index contributed by atoms with van der Waals surface area (Å²) in [4.78, 5) is 16.4. The third-order valence-electron chi connectivity index (χ3n) is 4.42. The third-order valence-corrected chi connectivity index (χ3v) is 4.42. The van der Waals surface area contributed by atoms with Gasteiger partial charge in [-0.2, -0.15) is 0 Å². The zero-order chi connectivity index (χ0) is 16.2. The van der Waals surface area contributed by atoms with Crippen LogP contribution in [-0.2, 0) is 6.54 Å². The minimum atomic E-state index is -0.0267. The van der Waals surface area contributed by atoms with Gasteiger partial charge in [0, 0.05) is 31.9 Å². The molecule has 5 heteroatoms. The van der Waals surface area contributed by atoms with Crippen LogP contribution in [0.3, 0.4) is 0 Å². The molecular formula is C18H23N3O2. The molecule has 1 aliphatic heterocycles. The quantitative estimate of drug-likeness (QED) is 0.948. The number of benzene rings is 1. The third kappa shape index (κ3) is 3.67. The summed E-state index contributed by atoms with van der Waals surface area (Å²) in [6.45, 7) is 7.88. The SMILES string of the molecule is Cc1ccc(N2CCN(C(=O)NCc3ccco3)CC2)cc1C. The molecule has 0 radical (unpaired) electrons. The van der Waals surface area contributed by atoms with Gasteiger partial charge in [0.1, 0.15) is 5.76 Å². The van der Waals surface area contributed by atoms with Gasteiger partial charge in [0.2, 0.25) is 0 Å². The molecule has 2 aromatic rings. The number of nitrogens with zero attached hydrogens (tertiary/aromatic N) is 2. The van der Waals surface area contributed by atoms with Gasteiger partial charge in [-0.1, -0.05) is 6.07 Å². The first kappa shape index (κ1) is 15.5.